The quantitative estimate of drug-likeness (QED) is 0.583. The predicted molar refractivity (Wildman–Crippen MR) is 101 cm³/mol. The van der Waals surface area contributed by atoms with Crippen LogP contribution in [0.2, 0.25) is 0 Å². The first-order valence-electron chi connectivity index (χ1n) is 7.51. The Balaban J connectivity index is 1.70. The summed E-state index contributed by atoms with van der Waals surface area (Å²) in [6.07, 6.45) is 0. The summed E-state index contributed by atoms with van der Waals surface area (Å²) >= 11 is 1.27. The van der Waals surface area contributed by atoms with Crippen LogP contribution in [0, 0.1) is 0 Å². The molecule has 1 heterocycles. The Morgan fingerprint density at radius 2 is 1.80 bits per heavy atom. The lowest BCUT2D eigenvalue weighted by Gasteiger charge is -2.06. The van der Waals surface area contributed by atoms with Crippen LogP contribution in [0.3, 0.4) is 0 Å². The van der Waals surface area contributed by atoms with Crippen molar-refractivity contribution in [2.75, 3.05) is 11.8 Å². The second-order valence-electron chi connectivity index (χ2n) is 5.47. The van der Waals surface area contributed by atoms with Gasteiger partial charge in [-0.2, -0.15) is 0 Å². The molecular formula is C18H14N2O3S2. The molecule has 0 saturated carbocycles. The highest BCUT2D eigenvalue weighted by Crippen LogP contribution is 2.30. The van der Waals surface area contributed by atoms with Gasteiger partial charge >= 0.3 is 0 Å². The topological polar surface area (TPSA) is 68.3 Å². The van der Waals surface area contributed by atoms with E-state index < -0.39 is 10.0 Å². The molecule has 0 unspecified atom stereocenters. The molecule has 126 valence electrons. The number of hydrogen-bond acceptors (Lipinski definition) is 5. The molecule has 25 heavy (non-hydrogen) atoms. The third-order valence-corrected chi connectivity index (χ3v) is 6.25. The van der Waals surface area contributed by atoms with Gasteiger partial charge in [-0.3, -0.25) is 4.72 Å². The lowest BCUT2D eigenvalue weighted by molar-refractivity contribution is 0.415. The largest absolute Gasteiger partial charge is 0.497 e. The fourth-order valence-corrected chi connectivity index (χ4v) is 4.75. The van der Waals surface area contributed by atoms with Crippen LogP contribution in [0.15, 0.2) is 65.6 Å². The van der Waals surface area contributed by atoms with E-state index in [1.54, 1.807) is 37.4 Å². The smallest absolute Gasteiger partial charge is 0.263 e. The van der Waals surface area contributed by atoms with Gasteiger partial charge in [0.1, 0.15) is 5.75 Å². The van der Waals surface area contributed by atoms with E-state index in [0.29, 0.717) is 10.9 Å². The van der Waals surface area contributed by atoms with Crippen LogP contribution < -0.4 is 9.46 Å². The fourth-order valence-electron chi connectivity index (χ4n) is 2.58. The third-order valence-electron chi connectivity index (χ3n) is 3.85. The van der Waals surface area contributed by atoms with Gasteiger partial charge in [0.2, 0.25) is 0 Å². The molecule has 0 bridgehead atoms. The Morgan fingerprint density at radius 1 is 1.00 bits per heavy atom. The molecule has 4 aromatic rings. The van der Waals surface area contributed by atoms with E-state index in [4.69, 9.17) is 4.74 Å². The van der Waals surface area contributed by atoms with E-state index in [-0.39, 0.29) is 4.90 Å². The Kier molecular flexibility index (Phi) is 3.82. The molecule has 0 aliphatic heterocycles. The monoisotopic (exact) mass is 370 g/mol. The molecule has 0 radical (unpaired) electrons. The number of aromatic nitrogens is 1. The molecule has 4 rings (SSSR count). The van der Waals surface area contributed by atoms with Crippen LogP contribution in [-0.2, 0) is 10.0 Å². The van der Waals surface area contributed by atoms with Crippen LogP contribution in [-0.4, -0.2) is 20.5 Å². The highest BCUT2D eigenvalue weighted by molar-refractivity contribution is 7.93. The molecule has 7 heteroatoms. The van der Waals surface area contributed by atoms with Crippen molar-refractivity contribution < 1.29 is 13.2 Å². The Bertz CT molecular complexity index is 1180. The third kappa shape index (κ3) is 3.04. The minimum atomic E-state index is -3.70. The summed E-state index contributed by atoms with van der Waals surface area (Å²) in [4.78, 5) is 4.54. The van der Waals surface area contributed by atoms with Crippen molar-refractivity contribution >= 4 is 47.5 Å². The second kappa shape index (κ2) is 6.02. The summed E-state index contributed by atoms with van der Waals surface area (Å²) in [5.41, 5.74) is 0.724. The average Bonchev–Trinajstić information content (AvgIpc) is 3.01. The summed E-state index contributed by atoms with van der Waals surface area (Å²) in [6, 6.07) is 18.1. The first-order chi connectivity index (χ1) is 12.0. The standard InChI is InChI=1S/C18H14N2O3S2/c1-23-14-7-9-16-17(11-14)24-18(19-16)20-25(21,22)15-8-6-12-4-2-3-5-13(12)10-15/h2-11H,1H3,(H,19,20). The number of rotatable bonds is 4. The molecule has 0 aliphatic carbocycles. The molecule has 0 amide bonds. The summed E-state index contributed by atoms with van der Waals surface area (Å²) in [6.45, 7) is 0. The van der Waals surface area contributed by atoms with Gasteiger partial charge in [-0.15, -0.1) is 0 Å². The summed E-state index contributed by atoms with van der Waals surface area (Å²) in [5.74, 6) is 0.708. The van der Waals surface area contributed by atoms with E-state index in [0.717, 1.165) is 21.0 Å². The number of nitrogens with one attached hydrogen (secondary N) is 1. The number of sulfonamides is 1. The zero-order valence-corrected chi connectivity index (χ0v) is 14.9. The maximum atomic E-state index is 12.7. The predicted octanol–water partition coefficient (Wildman–Crippen LogP) is 4.26. The van der Waals surface area contributed by atoms with Gasteiger partial charge in [-0.25, -0.2) is 13.4 Å². The minimum Gasteiger partial charge on any atom is -0.497 e. The van der Waals surface area contributed by atoms with Crippen molar-refractivity contribution in [3.8, 4) is 5.75 Å². The lowest BCUT2D eigenvalue weighted by atomic mass is 10.1. The van der Waals surface area contributed by atoms with Crippen molar-refractivity contribution in [2.45, 2.75) is 4.90 Å². The van der Waals surface area contributed by atoms with Crippen LogP contribution in [0.5, 0.6) is 5.75 Å². The normalized spacial score (nSPS) is 11.7. The Labute approximate surface area is 149 Å². The van der Waals surface area contributed by atoms with Gasteiger partial charge in [0, 0.05) is 0 Å². The van der Waals surface area contributed by atoms with E-state index in [9.17, 15) is 8.42 Å². The summed E-state index contributed by atoms with van der Waals surface area (Å²) in [7, 11) is -2.11. The minimum absolute atomic E-state index is 0.211. The van der Waals surface area contributed by atoms with Crippen molar-refractivity contribution in [1.29, 1.82) is 0 Å². The van der Waals surface area contributed by atoms with Crippen LogP contribution >= 0.6 is 11.3 Å². The average molecular weight is 370 g/mol. The van der Waals surface area contributed by atoms with Gasteiger partial charge in [-0.05, 0) is 41.1 Å². The molecule has 0 fully saturated rings. The first kappa shape index (κ1) is 15.9. The molecule has 3 aromatic carbocycles. The van der Waals surface area contributed by atoms with Crippen LogP contribution in [0.25, 0.3) is 21.0 Å². The molecule has 0 saturated heterocycles. The lowest BCUT2D eigenvalue weighted by Crippen LogP contribution is -2.12. The van der Waals surface area contributed by atoms with E-state index >= 15 is 0 Å². The maximum absolute atomic E-state index is 12.7. The number of nitrogens with zero attached hydrogens (tertiary/aromatic N) is 1. The molecule has 0 aliphatic rings. The summed E-state index contributed by atoms with van der Waals surface area (Å²) < 4.78 is 34.0. The Morgan fingerprint density at radius 3 is 2.60 bits per heavy atom. The fraction of sp³-hybridized carbons (Fsp3) is 0.0556. The molecular weight excluding hydrogens is 356 g/mol. The molecule has 5 nitrogen and oxygen atoms in total. The van der Waals surface area contributed by atoms with Gasteiger partial charge in [0.15, 0.2) is 5.13 Å². The van der Waals surface area contributed by atoms with Crippen molar-refractivity contribution in [3.63, 3.8) is 0 Å². The molecule has 0 atom stereocenters. The van der Waals surface area contributed by atoms with Crippen molar-refractivity contribution in [3.05, 3.63) is 60.7 Å². The van der Waals surface area contributed by atoms with Gasteiger partial charge in [0.25, 0.3) is 10.0 Å². The second-order valence-corrected chi connectivity index (χ2v) is 8.18. The Hall–Kier alpha value is -2.64. The molecule has 1 aromatic heterocycles. The maximum Gasteiger partial charge on any atom is 0.263 e. The molecule has 0 spiro atoms. The summed E-state index contributed by atoms with van der Waals surface area (Å²) in [5, 5.41) is 2.20. The van der Waals surface area contributed by atoms with Crippen LogP contribution in [0.4, 0.5) is 5.13 Å². The number of methoxy groups -OCH3 is 1. The number of anilines is 1. The SMILES string of the molecule is COc1ccc2nc(NS(=O)(=O)c3ccc4ccccc4c3)sc2c1. The van der Waals surface area contributed by atoms with E-state index in [2.05, 4.69) is 9.71 Å². The number of benzene rings is 3. The van der Waals surface area contributed by atoms with E-state index in [1.165, 1.54) is 11.3 Å². The zero-order chi connectivity index (χ0) is 17.4. The molecule has 1 N–H and O–H groups in total. The number of ether oxygens (including phenoxy) is 1. The van der Waals surface area contributed by atoms with E-state index in [1.807, 2.05) is 30.3 Å². The zero-order valence-electron chi connectivity index (χ0n) is 13.3. The highest BCUT2D eigenvalue weighted by Gasteiger charge is 2.17. The van der Waals surface area contributed by atoms with Crippen molar-refractivity contribution in [1.82, 2.24) is 4.98 Å². The van der Waals surface area contributed by atoms with Gasteiger partial charge < -0.3 is 4.74 Å². The van der Waals surface area contributed by atoms with Gasteiger partial charge in [0.05, 0.1) is 22.2 Å². The highest BCUT2D eigenvalue weighted by atomic mass is 32.2. The number of hydrogen-bond donors (Lipinski definition) is 1. The number of fused-ring (bicyclic) bond motifs is 2. The first-order valence-corrected chi connectivity index (χ1v) is 9.81. The van der Waals surface area contributed by atoms with Crippen LogP contribution in [0.1, 0.15) is 0 Å². The van der Waals surface area contributed by atoms with Gasteiger partial charge in [-0.1, -0.05) is 41.7 Å². The number of thiazole rings is 1. The van der Waals surface area contributed by atoms with Crippen molar-refractivity contribution in [2.24, 2.45) is 0 Å².